The second-order valence-corrected chi connectivity index (χ2v) is 16.8. The Morgan fingerprint density at radius 2 is 0.627 bits per heavy atom. The molecule has 9 nitrogen and oxygen atoms in total. The molecular weight excluding hydrogens is 631 g/mol. The van der Waals surface area contributed by atoms with E-state index in [0.29, 0.717) is 0 Å². The van der Waals surface area contributed by atoms with Crippen LogP contribution in [0.4, 0.5) is 0 Å². The predicted octanol–water partition coefficient (Wildman–Crippen LogP) is 5.22. The van der Waals surface area contributed by atoms with Crippen LogP contribution >= 0.6 is 0 Å². The summed E-state index contributed by atoms with van der Waals surface area (Å²) in [5.41, 5.74) is 0. The van der Waals surface area contributed by atoms with Crippen LogP contribution < -0.4 is 47.9 Å². The van der Waals surface area contributed by atoms with E-state index in [0.717, 1.165) is 72.1 Å². The molecule has 0 aromatic heterocycles. The maximum Gasteiger partial charge on any atom is 0.0196 e. The zero-order chi connectivity index (χ0) is 30.3. The van der Waals surface area contributed by atoms with E-state index in [4.69, 9.17) is 0 Å². The van der Waals surface area contributed by atoms with E-state index in [9.17, 15) is 0 Å². The quantitative estimate of drug-likeness (QED) is 0.166. The molecule has 9 N–H and O–H groups in total. The Morgan fingerprint density at radius 1 is 0.255 bits per heavy atom. The summed E-state index contributed by atoms with van der Waals surface area (Å²) in [6, 6.07) is 7.56. The smallest absolute Gasteiger partial charge is 0.0196 e. The van der Waals surface area contributed by atoms with Crippen molar-refractivity contribution in [3.8, 4) is 0 Å². The molecule has 0 aromatic rings. The van der Waals surface area contributed by atoms with E-state index >= 15 is 0 Å². The van der Waals surface area contributed by atoms with Crippen molar-refractivity contribution in [2.45, 2.75) is 195 Å². The third-order valence-corrected chi connectivity index (χ3v) is 13.0. The highest BCUT2D eigenvalue weighted by atomic mass is 15.1. The van der Waals surface area contributed by atoms with Gasteiger partial charge in [-0.1, -0.05) is 51.0 Å². The molecule has 10 atom stereocenters. The van der Waals surface area contributed by atoms with Crippen LogP contribution in [0, 0.1) is 17.8 Å². The molecule has 12 bridgehead atoms. The molecule has 306 valence electrons. The average Bonchev–Trinajstić information content (AvgIpc) is 3.90. The van der Waals surface area contributed by atoms with E-state index in [1.807, 2.05) is 0 Å². The van der Waals surface area contributed by atoms with Crippen LogP contribution in [0.5, 0.6) is 0 Å². The summed E-state index contributed by atoms with van der Waals surface area (Å²) in [5, 5.41) is 31.1. The highest BCUT2D eigenvalue weighted by Crippen LogP contribution is 2.35. The molecule has 0 radical (unpaired) electrons. The fourth-order valence-electron chi connectivity index (χ4n) is 10.0. The number of hydrogen-bond acceptors (Lipinski definition) is 9. The Balaban J connectivity index is 0.000000299. The average molecular weight is 724 g/mol. The summed E-state index contributed by atoms with van der Waals surface area (Å²) in [6.07, 6.45) is 21.6. The first-order valence-electron chi connectivity index (χ1n) is 19.8. The van der Waals surface area contributed by atoms with Crippen molar-refractivity contribution in [1.29, 1.82) is 0 Å². The number of hydrogen-bond donors (Lipinski definition) is 9. The fraction of sp³-hybridized carbons (Fsp3) is 1.00. The number of fused-ring (bicyclic) bond motifs is 13. The van der Waals surface area contributed by atoms with Crippen LogP contribution in [-0.4, -0.2) is 113 Å². The molecule has 15 fully saturated rings. The lowest BCUT2D eigenvalue weighted by atomic mass is 9.72. The second kappa shape index (κ2) is 24.9. The zero-order valence-electron chi connectivity index (χ0n) is 28.4. The monoisotopic (exact) mass is 724 g/mol. The molecule has 9 heteroatoms. The van der Waals surface area contributed by atoms with Gasteiger partial charge in [-0.15, -0.1) is 0 Å². The van der Waals surface area contributed by atoms with E-state index in [2.05, 4.69) is 47.9 Å². The molecule has 0 amide bonds. The van der Waals surface area contributed by atoms with Crippen molar-refractivity contribution in [3.05, 3.63) is 0 Å². The molecule has 15 rings (SSSR count). The summed E-state index contributed by atoms with van der Waals surface area (Å²) in [4.78, 5) is 0. The molecule has 3 saturated carbocycles. The van der Waals surface area contributed by atoms with Gasteiger partial charge in [-0.3, -0.25) is 0 Å². The standard InChI is InChI=1S/3C6H12N2.3C6H11N.6CH4/c1-2-6-4-7-5(1)3-8-6;2*1-2-6-4-7-3-5(1)8-6;1-5-2-6(1)4-7-3-5;1-2-6-3-5(1)4-7-6;1-2-5-4-6(3-1)7-5;;;;;;/h3*5-8H,1-4H2;3*5-7H,1-4H2;6*1H4/t;;;;2*5-,6+;;;;;;/m....0......./s1. The van der Waals surface area contributed by atoms with Crippen molar-refractivity contribution in [2.24, 2.45) is 17.8 Å². The van der Waals surface area contributed by atoms with Crippen LogP contribution in [0.15, 0.2) is 0 Å². The normalized spacial score (nSPS) is 40.9. The molecule has 12 saturated heterocycles. The van der Waals surface area contributed by atoms with Gasteiger partial charge >= 0.3 is 0 Å². The second-order valence-electron chi connectivity index (χ2n) is 16.8. The first-order chi connectivity index (χ1) is 22.2. The lowest BCUT2D eigenvalue weighted by Gasteiger charge is -2.42. The van der Waals surface area contributed by atoms with E-state index in [1.54, 1.807) is 0 Å². The Kier molecular flexibility index (Phi) is 23.8. The van der Waals surface area contributed by atoms with Gasteiger partial charge in [0.25, 0.3) is 0 Å². The predicted molar refractivity (Wildman–Crippen MR) is 226 cm³/mol. The Morgan fingerprint density at radius 3 is 0.784 bits per heavy atom. The first kappa shape index (κ1) is 48.7. The number of rotatable bonds is 0. The number of piperidine rings is 6. The Labute approximate surface area is 319 Å². The lowest BCUT2D eigenvalue weighted by molar-refractivity contribution is 0.135. The minimum atomic E-state index is 0. The number of piperazine rings is 3. The third kappa shape index (κ3) is 15.0. The van der Waals surface area contributed by atoms with Gasteiger partial charge in [-0.25, -0.2) is 0 Å². The minimum Gasteiger partial charge on any atom is -0.316 e. The molecule has 3 aliphatic carbocycles. The SMILES string of the molecule is C.C.C.C.C.C.C1CC2CNC1CN2.C1CC2CNCC1N2.C1CC2CNCC1N2.C1C[C@@H]2C[C@H](C1)N2.C1C[C@@H]2C[C@H]1CN2.C1NCC2CC1C2. The summed E-state index contributed by atoms with van der Waals surface area (Å²) in [6.45, 7) is 11.1. The van der Waals surface area contributed by atoms with Gasteiger partial charge in [-0.2, -0.15) is 0 Å². The van der Waals surface area contributed by atoms with Gasteiger partial charge in [0.15, 0.2) is 0 Å². The van der Waals surface area contributed by atoms with Crippen LogP contribution in [0.25, 0.3) is 0 Å². The molecular formula is C42H93N9. The molecule has 6 unspecified atom stereocenters. The van der Waals surface area contributed by atoms with Crippen LogP contribution in [-0.2, 0) is 0 Å². The summed E-state index contributed by atoms with van der Waals surface area (Å²) in [7, 11) is 0. The van der Waals surface area contributed by atoms with Crippen molar-refractivity contribution in [2.75, 3.05) is 58.9 Å². The van der Waals surface area contributed by atoms with Crippen molar-refractivity contribution < 1.29 is 0 Å². The molecule has 15 aliphatic rings. The summed E-state index contributed by atoms with van der Waals surface area (Å²) >= 11 is 0. The molecule has 12 aliphatic heterocycles. The van der Waals surface area contributed by atoms with Crippen LogP contribution in [0.1, 0.15) is 141 Å². The van der Waals surface area contributed by atoms with Crippen molar-refractivity contribution >= 4 is 0 Å². The van der Waals surface area contributed by atoms with Crippen LogP contribution in [0.2, 0.25) is 0 Å². The Bertz CT molecular complexity index is 696. The van der Waals surface area contributed by atoms with Gasteiger partial charge in [0.05, 0.1) is 0 Å². The molecule has 12 heterocycles. The van der Waals surface area contributed by atoms with Gasteiger partial charge < -0.3 is 47.9 Å². The maximum atomic E-state index is 3.53. The Hall–Kier alpha value is -0.360. The van der Waals surface area contributed by atoms with Crippen LogP contribution in [0.3, 0.4) is 0 Å². The highest BCUT2D eigenvalue weighted by Gasteiger charge is 2.33. The first-order valence-corrected chi connectivity index (χ1v) is 19.8. The van der Waals surface area contributed by atoms with Gasteiger partial charge in [0.2, 0.25) is 0 Å². The van der Waals surface area contributed by atoms with E-state index < -0.39 is 0 Å². The maximum absolute atomic E-state index is 3.53. The highest BCUT2D eigenvalue weighted by molar-refractivity contribution is 4.94. The molecule has 51 heavy (non-hydrogen) atoms. The topological polar surface area (TPSA) is 108 Å². The third-order valence-electron chi connectivity index (χ3n) is 13.0. The van der Waals surface area contributed by atoms with Gasteiger partial charge in [-0.05, 0) is 127 Å². The number of nitrogens with one attached hydrogen (secondary N) is 9. The lowest BCUT2D eigenvalue weighted by Crippen LogP contribution is -2.58. The molecule has 0 spiro atoms. The van der Waals surface area contributed by atoms with Gasteiger partial charge in [0, 0.05) is 93.6 Å². The zero-order valence-corrected chi connectivity index (χ0v) is 28.4. The summed E-state index contributed by atoms with van der Waals surface area (Å²) in [5.74, 6) is 3.20. The van der Waals surface area contributed by atoms with Crippen molar-refractivity contribution in [1.82, 2.24) is 47.9 Å². The fourth-order valence-corrected chi connectivity index (χ4v) is 10.0. The summed E-state index contributed by atoms with van der Waals surface area (Å²) < 4.78 is 0. The largest absolute Gasteiger partial charge is 0.316 e. The van der Waals surface area contributed by atoms with E-state index in [-0.39, 0.29) is 44.6 Å². The van der Waals surface area contributed by atoms with E-state index in [1.165, 1.54) is 155 Å². The van der Waals surface area contributed by atoms with Gasteiger partial charge in [0.1, 0.15) is 0 Å². The van der Waals surface area contributed by atoms with Crippen molar-refractivity contribution in [3.63, 3.8) is 0 Å². The molecule has 0 aromatic carbocycles. The minimum absolute atomic E-state index is 0.